The van der Waals surface area contributed by atoms with Crippen LogP contribution in [0.15, 0.2) is 41.6 Å². The lowest BCUT2D eigenvalue weighted by Crippen LogP contribution is -2.34. The Bertz CT molecular complexity index is 640. The summed E-state index contributed by atoms with van der Waals surface area (Å²) in [5, 5.41) is 15.1. The molecule has 0 amide bonds. The first kappa shape index (κ1) is 13.4. The number of nitrogens with two attached hydrogens (primary N) is 1. The first-order chi connectivity index (χ1) is 9.07. The fourth-order valence-corrected chi connectivity index (χ4v) is 3.07. The molecule has 0 aliphatic heterocycles. The molecule has 7 nitrogen and oxygen atoms in total. The summed E-state index contributed by atoms with van der Waals surface area (Å²) in [6.45, 7) is -0.405. The molecule has 1 aromatic carbocycles. The van der Waals surface area contributed by atoms with Crippen LogP contribution in [-0.2, 0) is 10.0 Å². The normalized spacial score (nSPS) is 11.4. The van der Waals surface area contributed by atoms with Crippen molar-refractivity contribution in [3.05, 3.63) is 36.5 Å². The van der Waals surface area contributed by atoms with Crippen LogP contribution in [0.3, 0.4) is 0 Å². The first-order valence-electron chi connectivity index (χ1n) is 5.55. The molecule has 1 heterocycles. The molecule has 2 aromatic rings. The minimum atomic E-state index is -3.82. The summed E-state index contributed by atoms with van der Waals surface area (Å²) in [4.78, 5) is 0. The third-order valence-electron chi connectivity index (χ3n) is 2.55. The molecule has 2 rings (SSSR count). The second-order valence-electron chi connectivity index (χ2n) is 3.78. The summed E-state index contributed by atoms with van der Waals surface area (Å²) in [6, 6.07) is 7.91. The van der Waals surface area contributed by atoms with Crippen molar-refractivity contribution in [1.82, 2.24) is 10.2 Å². The van der Waals surface area contributed by atoms with E-state index in [1.165, 1.54) is 12.3 Å². The molecule has 0 atom stereocenters. The van der Waals surface area contributed by atoms with Gasteiger partial charge in [0.05, 0.1) is 30.7 Å². The van der Waals surface area contributed by atoms with E-state index in [9.17, 15) is 8.42 Å². The molecule has 0 bridgehead atoms. The monoisotopic (exact) mass is 282 g/mol. The van der Waals surface area contributed by atoms with Gasteiger partial charge >= 0.3 is 0 Å². The van der Waals surface area contributed by atoms with Gasteiger partial charge in [-0.3, -0.25) is 9.40 Å². The molecule has 0 saturated heterocycles. The van der Waals surface area contributed by atoms with Crippen LogP contribution in [0.1, 0.15) is 0 Å². The van der Waals surface area contributed by atoms with E-state index in [0.29, 0.717) is 11.4 Å². The highest BCUT2D eigenvalue weighted by atomic mass is 32.2. The van der Waals surface area contributed by atoms with Gasteiger partial charge in [0.2, 0.25) is 0 Å². The number of nitrogen functional groups attached to an aromatic ring is 1. The van der Waals surface area contributed by atoms with Crippen LogP contribution in [0.2, 0.25) is 0 Å². The zero-order valence-corrected chi connectivity index (χ0v) is 10.8. The van der Waals surface area contributed by atoms with E-state index in [2.05, 4.69) is 10.2 Å². The predicted molar refractivity (Wildman–Crippen MR) is 71.1 cm³/mol. The summed E-state index contributed by atoms with van der Waals surface area (Å²) < 4.78 is 25.9. The van der Waals surface area contributed by atoms with E-state index in [1.54, 1.807) is 24.3 Å². The molecule has 19 heavy (non-hydrogen) atoms. The molecule has 1 aromatic heterocycles. The van der Waals surface area contributed by atoms with Gasteiger partial charge in [0.25, 0.3) is 10.0 Å². The Morgan fingerprint density at radius 1 is 1.32 bits per heavy atom. The summed E-state index contributed by atoms with van der Waals surface area (Å²) in [5.74, 6) is 0. The number of H-pyrrole nitrogens is 1. The lowest BCUT2D eigenvalue weighted by atomic mass is 10.3. The molecule has 0 aliphatic rings. The van der Waals surface area contributed by atoms with Gasteiger partial charge in [-0.2, -0.15) is 13.5 Å². The third-order valence-corrected chi connectivity index (χ3v) is 4.29. The number of aromatic nitrogens is 2. The van der Waals surface area contributed by atoms with Gasteiger partial charge < -0.3 is 10.8 Å². The lowest BCUT2D eigenvalue weighted by Gasteiger charge is -2.23. The van der Waals surface area contributed by atoms with Crippen molar-refractivity contribution in [3.8, 4) is 0 Å². The molecular weight excluding hydrogens is 268 g/mol. The van der Waals surface area contributed by atoms with Gasteiger partial charge in [0.15, 0.2) is 5.03 Å². The molecule has 0 aliphatic carbocycles. The van der Waals surface area contributed by atoms with Crippen molar-refractivity contribution < 1.29 is 13.5 Å². The van der Waals surface area contributed by atoms with Crippen molar-refractivity contribution in [2.45, 2.75) is 5.03 Å². The number of nitrogens with one attached hydrogen (secondary N) is 1. The van der Waals surface area contributed by atoms with Crippen LogP contribution in [0.25, 0.3) is 0 Å². The Hall–Kier alpha value is -2.06. The molecule has 0 spiro atoms. The van der Waals surface area contributed by atoms with E-state index in [1.807, 2.05) is 0 Å². The first-order valence-corrected chi connectivity index (χ1v) is 6.99. The maximum Gasteiger partial charge on any atom is 0.281 e. The van der Waals surface area contributed by atoms with Crippen LogP contribution in [0.5, 0.6) is 0 Å². The van der Waals surface area contributed by atoms with Gasteiger partial charge in [0.1, 0.15) is 0 Å². The van der Waals surface area contributed by atoms with Gasteiger partial charge in [-0.1, -0.05) is 12.1 Å². The van der Waals surface area contributed by atoms with Crippen molar-refractivity contribution >= 4 is 21.4 Å². The summed E-state index contributed by atoms with van der Waals surface area (Å²) in [5.41, 5.74) is 6.43. The van der Waals surface area contributed by atoms with Gasteiger partial charge in [-0.25, -0.2) is 0 Å². The number of para-hydroxylation sites is 2. The Kier molecular flexibility index (Phi) is 3.72. The zero-order valence-electron chi connectivity index (χ0n) is 10.0. The Balaban J connectivity index is 2.50. The van der Waals surface area contributed by atoms with E-state index in [4.69, 9.17) is 10.8 Å². The van der Waals surface area contributed by atoms with Gasteiger partial charge in [-0.15, -0.1) is 0 Å². The zero-order chi connectivity index (χ0) is 13.9. The number of benzene rings is 1. The highest BCUT2D eigenvalue weighted by molar-refractivity contribution is 7.92. The number of hydrogen-bond donors (Lipinski definition) is 3. The van der Waals surface area contributed by atoms with Crippen LogP contribution in [-0.4, -0.2) is 36.9 Å². The molecule has 0 unspecified atom stereocenters. The van der Waals surface area contributed by atoms with Crippen LogP contribution >= 0.6 is 0 Å². The smallest absolute Gasteiger partial charge is 0.281 e. The molecule has 102 valence electrons. The maximum atomic E-state index is 12.4. The number of sulfonamides is 1. The average Bonchev–Trinajstić information content (AvgIpc) is 2.91. The number of anilines is 2. The number of nitrogens with zero attached hydrogens (tertiary/aromatic N) is 2. The molecule has 0 saturated carbocycles. The predicted octanol–water partition coefficient (Wildman–Crippen LogP) is 0.179. The topological polar surface area (TPSA) is 112 Å². The summed E-state index contributed by atoms with van der Waals surface area (Å²) >= 11 is 0. The van der Waals surface area contributed by atoms with E-state index >= 15 is 0 Å². The molecular formula is C11H14N4O3S. The molecule has 0 radical (unpaired) electrons. The highest BCUT2D eigenvalue weighted by Gasteiger charge is 2.26. The fraction of sp³-hybridized carbons (Fsp3) is 0.182. The fourth-order valence-electron chi connectivity index (χ4n) is 1.68. The van der Waals surface area contributed by atoms with Crippen LogP contribution < -0.4 is 10.0 Å². The van der Waals surface area contributed by atoms with Crippen LogP contribution in [0, 0.1) is 0 Å². The quantitative estimate of drug-likeness (QED) is 0.677. The SMILES string of the molecule is Nc1ccccc1N(CCO)S(=O)(=O)c1ccn[nH]1. The number of aromatic amines is 1. The van der Waals surface area contributed by atoms with E-state index in [-0.39, 0.29) is 18.2 Å². The second kappa shape index (κ2) is 5.29. The maximum absolute atomic E-state index is 12.4. The number of hydrogen-bond acceptors (Lipinski definition) is 5. The Morgan fingerprint density at radius 3 is 2.63 bits per heavy atom. The van der Waals surface area contributed by atoms with E-state index in [0.717, 1.165) is 4.31 Å². The standard InChI is InChI=1S/C11H14N4O3S/c12-9-3-1-2-4-10(9)15(7-8-16)19(17,18)11-5-6-13-14-11/h1-6,16H,7-8,12H2,(H,13,14). The lowest BCUT2D eigenvalue weighted by molar-refractivity contribution is 0.306. The average molecular weight is 282 g/mol. The second-order valence-corrected chi connectivity index (χ2v) is 5.61. The summed E-state index contributed by atoms with van der Waals surface area (Å²) in [7, 11) is -3.82. The van der Waals surface area contributed by atoms with Crippen molar-refractivity contribution in [2.24, 2.45) is 0 Å². The van der Waals surface area contributed by atoms with Gasteiger partial charge in [-0.05, 0) is 18.2 Å². The minimum Gasteiger partial charge on any atom is -0.397 e. The highest BCUT2D eigenvalue weighted by Crippen LogP contribution is 2.27. The number of aliphatic hydroxyl groups excluding tert-OH is 1. The van der Waals surface area contributed by atoms with Crippen molar-refractivity contribution in [2.75, 3.05) is 23.2 Å². The molecule has 0 fully saturated rings. The van der Waals surface area contributed by atoms with Gasteiger partial charge in [0, 0.05) is 0 Å². The summed E-state index contributed by atoms with van der Waals surface area (Å²) in [6.07, 6.45) is 1.35. The van der Waals surface area contributed by atoms with E-state index < -0.39 is 10.0 Å². The minimum absolute atomic E-state index is 0.0517. The van der Waals surface area contributed by atoms with Crippen molar-refractivity contribution in [3.63, 3.8) is 0 Å². The Labute approximate surface area is 110 Å². The largest absolute Gasteiger partial charge is 0.397 e. The number of rotatable bonds is 5. The molecule has 4 N–H and O–H groups in total. The number of aliphatic hydroxyl groups is 1. The third kappa shape index (κ3) is 2.54. The van der Waals surface area contributed by atoms with Crippen LogP contribution in [0.4, 0.5) is 11.4 Å². The Morgan fingerprint density at radius 2 is 2.05 bits per heavy atom. The van der Waals surface area contributed by atoms with Crippen molar-refractivity contribution in [1.29, 1.82) is 0 Å². The molecule has 8 heteroatoms.